The lowest BCUT2D eigenvalue weighted by molar-refractivity contribution is 0.218. The fourth-order valence-electron chi connectivity index (χ4n) is 2.39. The molecule has 2 nitrogen and oxygen atoms in total. The molecule has 0 aromatic rings. The van der Waals surface area contributed by atoms with E-state index in [9.17, 15) is 0 Å². The van der Waals surface area contributed by atoms with Crippen molar-refractivity contribution in [2.24, 2.45) is 0 Å². The van der Waals surface area contributed by atoms with Crippen LogP contribution in [-0.4, -0.2) is 37.6 Å². The van der Waals surface area contributed by atoms with E-state index >= 15 is 0 Å². The predicted octanol–water partition coefficient (Wildman–Crippen LogP) is 1.47. The van der Waals surface area contributed by atoms with Gasteiger partial charge in [0.1, 0.15) is 0 Å². The van der Waals surface area contributed by atoms with Gasteiger partial charge in [0, 0.05) is 5.54 Å². The van der Waals surface area contributed by atoms with Crippen LogP contribution < -0.4 is 5.32 Å². The van der Waals surface area contributed by atoms with Crippen molar-refractivity contribution in [1.29, 1.82) is 0 Å². The summed E-state index contributed by atoms with van der Waals surface area (Å²) in [5.41, 5.74) is 0.639. The molecule has 0 aromatic heterocycles. The molecule has 72 valence electrons. The fourth-order valence-corrected chi connectivity index (χ4v) is 2.39. The van der Waals surface area contributed by atoms with Gasteiger partial charge in [0.25, 0.3) is 0 Å². The van der Waals surface area contributed by atoms with E-state index < -0.39 is 0 Å². The molecule has 2 heteroatoms. The Morgan fingerprint density at radius 3 is 1.83 bits per heavy atom. The van der Waals surface area contributed by atoms with Crippen molar-refractivity contribution < 1.29 is 0 Å². The van der Waals surface area contributed by atoms with Crippen molar-refractivity contribution >= 4 is 0 Å². The second-order valence-electron chi connectivity index (χ2n) is 4.19. The third kappa shape index (κ3) is 1.99. The monoisotopic (exact) mass is 170 g/mol. The molecule has 12 heavy (non-hydrogen) atoms. The first-order chi connectivity index (χ1) is 5.73. The van der Waals surface area contributed by atoms with Crippen molar-refractivity contribution in [3.05, 3.63) is 0 Å². The number of rotatable bonds is 0. The first kappa shape index (κ1) is 10.0. The van der Waals surface area contributed by atoms with Crippen LogP contribution in [0.1, 0.15) is 32.6 Å². The number of fused-ring (bicyclic) bond motifs is 1. The molecule has 0 radical (unpaired) electrons. The highest BCUT2D eigenvalue weighted by Crippen LogP contribution is 2.37. The van der Waals surface area contributed by atoms with Crippen LogP contribution in [0.2, 0.25) is 0 Å². The molecule has 1 N–H and O–H groups in total. The standard InChI is InChI=1S/C8H15N.C2H7N/c1-8-4-2-6-9(8)7-3-5-8;1-3-2/h2-7H2,1H3;3H,1-2H3. The Kier molecular flexibility index (Phi) is 3.53. The average Bonchev–Trinajstić information content (AvgIpc) is 2.46. The molecule has 0 amide bonds. The molecule has 2 fully saturated rings. The number of hydrogen-bond acceptors (Lipinski definition) is 2. The number of nitrogens with one attached hydrogen (secondary N) is 1. The van der Waals surface area contributed by atoms with Crippen LogP contribution in [-0.2, 0) is 0 Å². The summed E-state index contributed by atoms with van der Waals surface area (Å²) in [5.74, 6) is 0. The van der Waals surface area contributed by atoms with E-state index in [1.807, 2.05) is 14.1 Å². The summed E-state index contributed by atoms with van der Waals surface area (Å²) in [6, 6.07) is 0. The quantitative estimate of drug-likeness (QED) is 0.592. The molecule has 2 heterocycles. The molecule has 0 aromatic carbocycles. The Hall–Kier alpha value is -0.0800. The highest BCUT2D eigenvalue weighted by atomic mass is 15.2. The Labute approximate surface area is 76.3 Å². The lowest BCUT2D eigenvalue weighted by Crippen LogP contribution is -2.34. The van der Waals surface area contributed by atoms with Crippen LogP contribution in [0.15, 0.2) is 0 Å². The van der Waals surface area contributed by atoms with Crippen molar-refractivity contribution in [2.45, 2.75) is 38.1 Å². The van der Waals surface area contributed by atoms with Crippen LogP contribution in [0.4, 0.5) is 0 Å². The molecule has 0 bridgehead atoms. The average molecular weight is 170 g/mol. The maximum Gasteiger partial charge on any atom is 0.0182 e. The van der Waals surface area contributed by atoms with Gasteiger partial charge in [0.05, 0.1) is 0 Å². The van der Waals surface area contributed by atoms with Gasteiger partial charge in [-0.2, -0.15) is 0 Å². The van der Waals surface area contributed by atoms with Gasteiger partial charge in [0.2, 0.25) is 0 Å². The maximum absolute atomic E-state index is 2.75. The summed E-state index contributed by atoms with van der Waals surface area (Å²) in [6.45, 7) is 5.17. The van der Waals surface area contributed by atoms with Crippen LogP contribution >= 0.6 is 0 Å². The second-order valence-corrected chi connectivity index (χ2v) is 4.19. The summed E-state index contributed by atoms with van der Waals surface area (Å²) in [6.07, 6.45) is 5.78. The molecule has 0 aliphatic carbocycles. The first-order valence-corrected chi connectivity index (χ1v) is 5.06. The zero-order valence-corrected chi connectivity index (χ0v) is 8.69. The van der Waals surface area contributed by atoms with Crippen molar-refractivity contribution in [2.75, 3.05) is 27.2 Å². The minimum Gasteiger partial charge on any atom is -0.323 e. The SMILES string of the molecule is CC12CCCN1CCC2.CNC. The van der Waals surface area contributed by atoms with E-state index in [2.05, 4.69) is 17.1 Å². The zero-order chi connectivity index (χ0) is 9.03. The lowest BCUT2D eigenvalue weighted by Gasteiger charge is -2.26. The van der Waals surface area contributed by atoms with Gasteiger partial charge in [-0.1, -0.05) is 0 Å². The van der Waals surface area contributed by atoms with E-state index in [1.165, 1.54) is 38.8 Å². The van der Waals surface area contributed by atoms with E-state index in [4.69, 9.17) is 0 Å². The molecule has 2 aliphatic rings. The van der Waals surface area contributed by atoms with E-state index in [0.717, 1.165) is 0 Å². The van der Waals surface area contributed by atoms with Gasteiger partial charge in [-0.05, 0) is 59.8 Å². The first-order valence-electron chi connectivity index (χ1n) is 5.06. The normalized spacial score (nSPS) is 26.2. The molecule has 0 saturated carbocycles. The predicted molar refractivity (Wildman–Crippen MR) is 53.4 cm³/mol. The molecule has 0 unspecified atom stereocenters. The molecular formula is C10H22N2. The van der Waals surface area contributed by atoms with E-state index in [-0.39, 0.29) is 0 Å². The molecular weight excluding hydrogens is 148 g/mol. The third-order valence-electron chi connectivity index (χ3n) is 3.05. The van der Waals surface area contributed by atoms with Gasteiger partial charge in [-0.3, -0.25) is 4.90 Å². The molecule has 0 spiro atoms. The van der Waals surface area contributed by atoms with Gasteiger partial charge in [-0.25, -0.2) is 0 Å². The smallest absolute Gasteiger partial charge is 0.0182 e. The Morgan fingerprint density at radius 2 is 1.50 bits per heavy atom. The Morgan fingerprint density at radius 1 is 1.08 bits per heavy atom. The van der Waals surface area contributed by atoms with Gasteiger partial charge >= 0.3 is 0 Å². The minimum atomic E-state index is 0.639. The van der Waals surface area contributed by atoms with Crippen LogP contribution in [0.25, 0.3) is 0 Å². The zero-order valence-electron chi connectivity index (χ0n) is 8.69. The third-order valence-corrected chi connectivity index (χ3v) is 3.05. The van der Waals surface area contributed by atoms with E-state index in [1.54, 1.807) is 0 Å². The largest absolute Gasteiger partial charge is 0.323 e. The van der Waals surface area contributed by atoms with Crippen LogP contribution in [0.5, 0.6) is 0 Å². The minimum absolute atomic E-state index is 0.639. The van der Waals surface area contributed by atoms with E-state index in [0.29, 0.717) is 5.54 Å². The van der Waals surface area contributed by atoms with Crippen molar-refractivity contribution in [1.82, 2.24) is 10.2 Å². The molecule has 2 aliphatic heterocycles. The van der Waals surface area contributed by atoms with Gasteiger partial charge < -0.3 is 5.32 Å². The summed E-state index contributed by atoms with van der Waals surface area (Å²) in [4.78, 5) is 2.66. The van der Waals surface area contributed by atoms with Crippen molar-refractivity contribution in [3.63, 3.8) is 0 Å². The Bertz CT molecular complexity index is 124. The van der Waals surface area contributed by atoms with Crippen molar-refractivity contribution in [3.8, 4) is 0 Å². The maximum atomic E-state index is 2.75. The Balaban J connectivity index is 0.000000213. The van der Waals surface area contributed by atoms with Gasteiger partial charge in [-0.15, -0.1) is 0 Å². The summed E-state index contributed by atoms with van der Waals surface area (Å²) in [5, 5.41) is 2.75. The number of nitrogens with zero attached hydrogens (tertiary/aromatic N) is 1. The molecule has 2 rings (SSSR count). The highest BCUT2D eigenvalue weighted by molar-refractivity contribution is 4.96. The van der Waals surface area contributed by atoms with Crippen LogP contribution in [0, 0.1) is 0 Å². The van der Waals surface area contributed by atoms with Gasteiger partial charge in [0.15, 0.2) is 0 Å². The summed E-state index contributed by atoms with van der Waals surface area (Å²) < 4.78 is 0. The lowest BCUT2D eigenvalue weighted by atomic mass is 9.97. The second kappa shape index (κ2) is 4.24. The topological polar surface area (TPSA) is 15.3 Å². The molecule has 0 atom stereocenters. The van der Waals surface area contributed by atoms with Crippen LogP contribution in [0.3, 0.4) is 0 Å². The number of hydrogen-bond donors (Lipinski definition) is 1. The highest BCUT2D eigenvalue weighted by Gasteiger charge is 2.39. The summed E-state index contributed by atoms with van der Waals surface area (Å²) in [7, 11) is 3.75. The summed E-state index contributed by atoms with van der Waals surface area (Å²) >= 11 is 0. The fraction of sp³-hybridized carbons (Fsp3) is 1.00. The molecule has 2 saturated heterocycles.